The standard InChI is InChI=1S/C12H19F3N2O3/c1-3-11(9(19)20)5-4-6-17(7-11)8(18)10(2,16)12(13,14)15/h3-7,16H2,1-2H3,(H,19,20). The monoisotopic (exact) mass is 296 g/mol. The highest BCUT2D eigenvalue weighted by Gasteiger charge is 2.56. The number of likely N-dealkylation sites (tertiary alicyclic amines) is 1. The largest absolute Gasteiger partial charge is 0.481 e. The van der Waals surface area contributed by atoms with Crippen LogP contribution in [0.4, 0.5) is 13.2 Å². The van der Waals surface area contributed by atoms with E-state index in [2.05, 4.69) is 0 Å². The van der Waals surface area contributed by atoms with Gasteiger partial charge in [0.15, 0.2) is 5.54 Å². The Balaban J connectivity index is 2.98. The number of carbonyl (C=O) groups is 2. The summed E-state index contributed by atoms with van der Waals surface area (Å²) in [6, 6.07) is 0. The van der Waals surface area contributed by atoms with Crippen molar-refractivity contribution in [3.8, 4) is 0 Å². The fraction of sp³-hybridized carbons (Fsp3) is 0.833. The van der Waals surface area contributed by atoms with Crippen molar-refractivity contribution in [3.63, 3.8) is 0 Å². The smallest absolute Gasteiger partial charge is 0.415 e. The number of rotatable bonds is 3. The van der Waals surface area contributed by atoms with E-state index in [0.29, 0.717) is 19.8 Å². The summed E-state index contributed by atoms with van der Waals surface area (Å²) in [6.45, 7) is 2.11. The first-order valence-electron chi connectivity index (χ1n) is 6.36. The summed E-state index contributed by atoms with van der Waals surface area (Å²) in [5.41, 5.74) is 0.928. The van der Waals surface area contributed by atoms with E-state index in [1.165, 1.54) is 0 Å². The number of piperidine rings is 1. The highest BCUT2D eigenvalue weighted by molar-refractivity contribution is 5.87. The molecule has 2 atom stereocenters. The number of aliphatic carboxylic acids is 1. The van der Waals surface area contributed by atoms with Crippen molar-refractivity contribution in [1.82, 2.24) is 4.90 Å². The van der Waals surface area contributed by atoms with Crippen molar-refractivity contribution >= 4 is 11.9 Å². The molecular formula is C12H19F3N2O3. The second-order valence-electron chi connectivity index (χ2n) is 5.47. The van der Waals surface area contributed by atoms with Crippen LogP contribution in [-0.2, 0) is 9.59 Å². The maximum absolute atomic E-state index is 12.8. The number of nitrogens with zero attached hydrogens (tertiary/aromatic N) is 1. The molecule has 2 unspecified atom stereocenters. The molecule has 1 amide bonds. The van der Waals surface area contributed by atoms with Gasteiger partial charge in [-0.15, -0.1) is 0 Å². The van der Waals surface area contributed by atoms with Gasteiger partial charge in [-0.25, -0.2) is 0 Å². The van der Waals surface area contributed by atoms with E-state index >= 15 is 0 Å². The molecule has 0 spiro atoms. The van der Waals surface area contributed by atoms with Gasteiger partial charge >= 0.3 is 12.1 Å². The van der Waals surface area contributed by atoms with E-state index < -0.39 is 29.0 Å². The lowest BCUT2D eigenvalue weighted by Gasteiger charge is -2.42. The topological polar surface area (TPSA) is 83.6 Å². The van der Waals surface area contributed by atoms with Crippen molar-refractivity contribution in [2.24, 2.45) is 11.1 Å². The molecule has 3 N–H and O–H groups in total. The molecule has 1 saturated heterocycles. The Morgan fingerprint density at radius 2 is 1.95 bits per heavy atom. The minimum Gasteiger partial charge on any atom is -0.481 e. The average molecular weight is 296 g/mol. The lowest BCUT2D eigenvalue weighted by Crippen LogP contribution is -2.64. The molecule has 20 heavy (non-hydrogen) atoms. The first-order chi connectivity index (χ1) is 8.98. The van der Waals surface area contributed by atoms with Gasteiger partial charge in [-0.2, -0.15) is 13.2 Å². The number of hydrogen-bond acceptors (Lipinski definition) is 3. The molecule has 0 saturated carbocycles. The number of alkyl halides is 3. The zero-order valence-corrected chi connectivity index (χ0v) is 11.5. The summed E-state index contributed by atoms with van der Waals surface area (Å²) in [5, 5.41) is 9.26. The molecule has 0 aromatic carbocycles. The van der Waals surface area contributed by atoms with Crippen LogP contribution < -0.4 is 5.73 Å². The molecule has 0 aromatic rings. The number of hydrogen-bond donors (Lipinski definition) is 2. The zero-order valence-electron chi connectivity index (χ0n) is 11.5. The highest BCUT2D eigenvalue weighted by Crippen LogP contribution is 2.36. The lowest BCUT2D eigenvalue weighted by atomic mass is 9.77. The van der Waals surface area contributed by atoms with Gasteiger partial charge in [-0.3, -0.25) is 9.59 Å². The van der Waals surface area contributed by atoms with E-state index in [4.69, 9.17) is 5.73 Å². The maximum Gasteiger partial charge on any atom is 0.415 e. The van der Waals surface area contributed by atoms with Crippen LogP contribution in [0.5, 0.6) is 0 Å². The third-order valence-corrected chi connectivity index (χ3v) is 4.03. The molecule has 0 bridgehead atoms. The maximum atomic E-state index is 12.8. The molecule has 1 fully saturated rings. The molecule has 5 nitrogen and oxygen atoms in total. The molecule has 1 aliphatic rings. The first kappa shape index (κ1) is 16.7. The Morgan fingerprint density at radius 1 is 1.40 bits per heavy atom. The normalized spacial score (nSPS) is 27.0. The number of amides is 1. The van der Waals surface area contributed by atoms with Gasteiger partial charge in [-0.1, -0.05) is 6.92 Å². The number of carboxylic acid groups (broad SMARTS) is 1. The predicted molar refractivity (Wildman–Crippen MR) is 64.8 cm³/mol. The van der Waals surface area contributed by atoms with Crippen LogP contribution in [0.2, 0.25) is 0 Å². The summed E-state index contributed by atoms with van der Waals surface area (Å²) in [7, 11) is 0. The Kier molecular flexibility index (Phi) is 4.38. The Hall–Kier alpha value is -1.31. The van der Waals surface area contributed by atoms with E-state index in [-0.39, 0.29) is 19.5 Å². The fourth-order valence-electron chi connectivity index (χ4n) is 2.37. The van der Waals surface area contributed by atoms with Crippen molar-refractivity contribution in [3.05, 3.63) is 0 Å². The molecule has 1 heterocycles. The van der Waals surface area contributed by atoms with Gasteiger partial charge in [0.25, 0.3) is 5.91 Å². The van der Waals surface area contributed by atoms with Gasteiger partial charge in [-0.05, 0) is 26.2 Å². The van der Waals surface area contributed by atoms with Crippen LogP contribution in [0.15, 0.2) is 0 Å². The molecule has 1 rings (SSSR count). The SMILES string of the molecule is CCC1(C(=O)O)CCCN(C(=O)C(C)(N)C(F)(F)F)C1. The summed E-state index contributed by atoms with van der Waals surface area (Å²) in [4.78, 5) is 24.2. The Morgan fingerprint density at radius 3 is 2.35 bits per heavy atom. The van der Waals surface area contributed by atoms with Crippen molar-refractivity contribution < 1.29 is 27.9 Å². The van der Waals surface area contributed by atoms with E-state index in [9.17, 15) is 27.9 Å². The number of carboxylic acids is 1. The minimum atomic E-state index is -4.88. The molecule has 116 valence electrons. The molecular weight excluding hydrogens is 277 g/mol. The van der Waals surface area contributed by atoms with Crippen LogP contribution in [0.3, 0.4) is 0 Å². The van der Waals surface area contributed by atoms with Crippen molar-refractivity contribution in [2.45, 2.75) is 44.8 Å². The van der Waals surface area contributed by atoms with Gasteiger partial charge in [0.05, 0.1) is 5.41 Å². The molecule has 0 radical (unpaired) electrons. The van der Waals surface area contributed by atoms with E-state index in [1.54, 1.807) is 6.92 Å². The fourth-order valence-corrected chi connectivity index (χ4v) is 2.37. The molecule has 0 aliphatic carbocycles. The summed E-state index contributed by atoms with van der Waals surface area (Å²) in [6.07, 6.45) is -3.94. The lowest BCUT2D eigenvalue weighted by molar-refractivity contribution is -0.195. The Bertz CT molecular complexity index is 409. The van der Waals surface area contributed by atoms with Crippen LogP contribution in [-0.4, -0.2) is 46.7 Å². The number of nitrogens with two attached hydrogens (primary N) is 1. The van der Waals surface area contributed by atoms with E-state index in [1.807, 2.05) is 0 Å². The predicted octanol–water partition coefficient (Wildman–Crippen LogP) is 1.37. The second-order valence-corrected chi connectivity index (χ2v) is 5.47. The van der Waals surface area contributed by atoms with E-state index in [0.717, 1.165) is 4.90 Å². The molecule has 1 aliphatic heterocycles. The number of carbonyl (C=O) groups excluding carboxylic acids is 1. The van der Waals surface area contributed by atoms with Crippen LogP contribution in [0.1, 0.15) is 33.1 Å². The van der Waals surface area contributed by atoms with Gasteiger partial charge in [0, 0.05) is 13.1 Å². The zero-order chi connectivity index (χ0) is 15.8. The van der Waals surface area contributed by atoms with Crippen LogP contribution >= 0.6 is 0 Å². The summed E-state index contributed by atoms with van der Waals surface area (Å²) < 4.78 is 38.3. The van der Waals surface area contributed by atoms with Crippen LogP contribution in [0.25, 0.3) is 0 Å². The third-order valence-electron chi connectivity index (χ3n) is 4.03. The van der Waals surface area contributed by atoms with Crippen molar-refractivity contribution in [2.75, 3.05) is 13.1 Å². The minimum absolute atomic E-state index is 0.0940. The molecule has 0 aromatic heterocycles. The summed E-state index contributed by atoms with van der Waals surface area (Å²) in [5.74, 6) is -2.37. The highest BCUT2D eigenvalue weighted by atomic mass is 19.4. The third kappa shape index (κ3) is 2.74. The molecule has 8 heteroatoms. The van der Waals surface area contributed by atoms with Gasteiger partial charge < -0.3 is 15.7 Å². The summed E-state index contributed by atoms with van der Waals surface area (Å²) >= 11 is 0. The average Bonchev–Trinajstić information content (AvgIpc) is 2.36. The Labute approximate surface area is 114 Å². The van der Waals surface area contributed by atoms with Crippen molar-refractivity contribution in [1.29, 1.82) is 0 Å². The number of halogens is 3. The first-order valence-corrected chi connectivity index (χ1v) is 6.36. The second kappa shape index (κ2) is 5.23. The van der Waals surface area contributed by atoms with Crippen LogP contribution in [0, 0.1) is 5.41 Å². The van der Waals surface area contributed by atoms with Gasteiger partial charge in [0.1, 0.15) is 0 Å². The van der Waals surface area contributed by atoms with Gasteiger partial charge in [0.2, 0.25) is 0 Å². The quantitative estimate of drug-likeness (QED) is 0.824.